The van der Waals surface area contributed by atoms with Gasteiger partial charge in [-0.25, -0.2) is 0 Å². The number of methoxy groups -OCH3 is 2. The lowest BCUT2D eigenvalue weighted by Crippen LogP contribution is -2.40. The van der Waals surface area contributed by atoms with Crippen LogP contribution in [0.15, 0.2) is 47.0 Å². The fraction of sp³-hybridized carbons (Fsp3) is 0.464. The molecule has 1 saturated heterocycles. The quantitative estimate of drug-likeness (QED) is 0.436. The predicted octanol–water partition coefficient (Wildman–Crippen LogP) is 4.93. The molecule has 1 saturated carbocycles. The van der Waals surface area contributed by atoms with E-state index in [2.05, 4.69) is 20.4 Å². The molecule has 1 unspecified atom stereocenters. The van der Waals surface area contributed by atoms with Crippen LogP contribution in [-0.2, 0) is 11.3 Å². The van der Waals surface area contributed by atoms with Crippen LogP contribution in [0.1, 0.15) is 44.4 Å². The van der Waals surface area contributed by atoms with E-state index in [1.54, 1.807) is 14.2 Å². The van der Waals surface area contributed by atoms with Crippen LogP contribution >= 0.6 is 0 Å². The third kappa shape index (κ3) is 6.22. The van der Waals surface area contributed by atoms with Crippen LogP contribution in [0.2, 0.25) is 0 Å². The van der Waals surface area contributed by atoms with Gasteiger partial charge in [-0.2, -0.15) is 4.98 Å². The number of anilines is 1. The first-order valence-corrected chi connectivity index (χ1v) is 13.0. The number of piperidine rings is 1. The van der Waals surface area contributed by atoms with Gasteiger partial charge in [-0.05, 0) is 87.5 Å². The van der Waals surface area contributed by atoms with E-state index in [-0.39, 0.29) is 11.8 Å². The largest absolute Gasteiger partial charge is 0.493 e. The maximum absolute atomic E-state index is 13.0. The molecule has 1 aliphatic heterocycles. The molecule has 2 heterocycles. The van der Waals surface area contributed by atoms with E-state index < -0.39 is 0 Å². The molecule has 1 N–H and O–H groups in total. The number of hydrogen-bond acceptors (Lipinski definition) is 8. The second-order valence-electron chi connectivity index (χ2n) is 9.69. The monoisotopic (exact) mass is 506 g/mol. The summed E-state index contributed by atoms with van der Waals surface area (Å²) >= 11 is 0. The van der Waals surface area contributed by atoms with Gasteiger partial charge in [0, 0.05) is 17.8 Å². The van der Waals surface area contributed by atoms with Crippen molar-refractivity contribution in [2.45, 2.75) is 51.2 Å². The van der Waals surface area contributed by atoms with Crippen LogP contribution in [0.5, 0.6) is 17.2 Å². The lowest BCUT2D eigenvalue weighted by molar-refractivity contribution is -0.121. The maximum atomic E-state index is 13.0. The minimum atomic E-state index is -0.101. The SMILES string of the molecule is COc1ccc(-c2noc(CN3CCCC(C(=O)Nc4ccc(OC5CCCC5)cc4)C3)n2)cc1OC. The van der Waals surface area contributed by atoms with E-state index in [1.165, 1.54) is 12.8 Å². The number of nitrogens with zero attached hydrogens (tertiary/aromatic N) is 3. The fourth-order valence-electron chi connectivity index (χ4n) is 5.08. The van der Waals surface area contributed by atoms with Crippen molar-refractivity contribution in [1.82, 2.24) is 15.0 Å². The van der Waals surface area contributed by atoms with Crippen molar-refractivity contribution >= 4 is 11.6 Å². The minimum absolute atomic E-state index is 0.0331. The van der Waals surface area contributed by atoms with E-state index in [0.717, 1.165) is 49.2 Å². The molecule has 1 atom stereocenters. The van der Waals surface area contributed by atoms with Gasteiger partial charge in [0.25, 0.3) is 0 Å². The molecular formula is C28H34N4O5. The van der Waals surface area contributed by atoms with Crippen molar-refractivity contribution in [3.05, 3.63) is 48.4 Å². The van der Waals surface area contributed by atoms with Crippen LogP contribution in [-0.4, -0.2) is 54.4 Å². The van der Waals surface area contributed by atoms with E-state index in [1.807, 2.05) is 42.5 Å². The summed E-state index contributed by atoms with van der Waals surface area (Å²) in [7, 11) is 3.19. The Labute approximate surface area is 217 Å². The highest BCUT2D eigenvalue weighted by Crippen LogP contribution is 2.31. The van der Waals surface area contributed by atoms with Crippen LogP contribution in [0.3, 0.4) is 0 Å². The van der Waals surface area contributed by atoms with Crippen LogP contribution < -0.4 is 19.5 Å². The van der Waals surface area contributed by atoms with Gasteiger partial charge in [0.15, 0.2) is 11.5 Å². The Morgan fingerprint density at radius 1 is 1.03 bits per heavy atom. The van der Waals surface area contributed by atoms with Gasteiger partial charge in [0.05, 0.1) is 32.8 Å². The van der Waals surface area contributed by atoms with Gasteiger partial charge in [0.1, 0.15) is 5.75 Å². The number of carbonyl (C=O) groups is 1. The second-order valence-corrected chi connectivity index (χ2v) is 9.69. The number of hydrogen-bond donors (Lipinski definition) is 1. The summed E-state index contributed by atoms with van der Waals surface area (Å²) < 4.78 is 22.2. The maximum Gasteiger partial charge on any atom is 0.241 e. The Morgan fingerprint density at radius 3 is 2.57 bits per heavy atom. The predicted molar refractivity (Wildman–Crippen MR) is 139 cm³/mol. The standard InChI is InChI=1S/C28H34N4O5/c1-34-24-14-9-19(16-25(24)35-2)27-30-26(37-31-27)18-32-15-5-6-20(17-32)28(33)29-21-10-12-23(13-11-21)36-22-7-3-4-8-22/h9-14,16,20,22H,3-8,15,17-18H2,1-2H3,(H,29,33). The van der Waals surface area contributed by atoms with Crippen molar-refractivity contribution in [2.75, 3.05) is 32.6 Å². The lowest BCUT2D eigenvalue weighted by atomic mass is 9.97. The van der Waals surface area contributed by atoms with Crippen molar-refractivity contribution in [2.24, 2.45) is 5.92 Å². The molecular weight excluding hydrogens is 472 g/mol. The molecule has 3 aromatic rings. The van der Waals surface area contributed by atoms with Crippen molar-refractivity contribution in [3.8, 4) is 28.6 Å². The summed E-state index contributed by atoms with van der Waals surface area (Å²) in [6.07, 6.45) is 6.83. The Morgan fingerprint density at radius 2 is 1.81 bits per heavy atom. The number of carbonyl (C=O) groups excluding carboxylic acids is 1. The van der Waals surface area contributed by atoms with Gasteiger partial charge in [-0.3, -0.25) is 9.69 Å². The highest BCUT2D eigenvalue weighted by molar-refractivity contribution is 5.92. The van der Waals surface area contributed by atoms with E-state index in [9.17, 15) is 4.79 Å². The number of nitrogens with one attached hydrogen (secondary N) is 1. The van der Waals surface area contributed by atoms with Gasteiger partial charge in [-0.15, -0.1) is 0 Å². The summed E-state index contributed by atoms with van der Waals surface area (Å²) in [4.78, 5) is 19.7. The zero-order valence-electron chi connectivity index (χ0n) is 21.4. The minimum Gasteiger partial charge on any atom is -0.493 e. The number of benzene rings is 2. The van der Waals surface area contributed by atoms with Crippen LogP contribution in [0.25, 0.3) is 11.4 Å². The number of rotatable bonds is 9. The van der Waals surface area contributed by atoms with E-state index in [0.29, 0.717) is 42.4 Å². The highest BCUT2D eigenvalue weighted by Gasteiger charge is 2.27. The highest BCUT2D eigenvalue weighted by atomic mass is 16.5. The first kappa shape index (κ1) is 25.1. The fourth-order valence-corrected chi connectivity index (χ4v) is 5.08. The topological polar surface area (TPSA) is 99.0 Å². The number of aromatic nitrogens is 2. The molecule has 37 heavy (non-hydrogen) atoms. The Kier molecular flexibility index (Phi) is 7.89. The molecule has 0 radical (unpaired) electrons. The molecule has 9 nitrogen and oxygen atoms in total. The smallest absolute Gasteiger partial charge is 0.241 e. The van der Waals surface area contributed by atoms with Gasteiger partial charge < -0.3 is 24.1 Å². The third-order valence-corrected chi connectivity index (χ3v) is 7.07. The molecule has 196 valence electrons. The molecule has 0 spiro atoms. The molecule has 9 heteroatoms. The third-order valence-electron chi connectivity index (χ3n) is 7.07. The zero-order valence-corrected chi connectivity index (χ0v) is 21.4. The zero-order chi connectivity index (χ0) is 25.6. The molecule has 1 aromatic heterocycles. The molecule has 1 aliphatic carbocycles. The molecule has 1 amide bonds. The number of likely N-dealkylation sites (tertiary alicyclic amines) is 1. The van der Waals surface area contributed by atoms with Crippen LogP contribution in [0.4, 0.5) is 5.69 Å². The molecule has 0 bridgehead atoms. The summed E-state index contributed by atoms with van der Waals surface area (Å²) in [5.41, 5.74) is 1.57. The van der Waals surface area contributed by atoms with Gasteiger partial charge in [0.2, 0.25) is 17.6 Å². The average Bonchev–Trinajstić information content (AvgIpc) is 3.62. The summed E-state index contributed by atoms with van der Waals surface area (Å²) in [6.45, 7) is 2.02. The number of amides is 1. The normalized spacial score (nSPS) is 18.5. The Bertz CT molecular complexity index is 1190. The molecule has 5 rings (SSSR count). The van der Waals surface area contributed by atoms with Crippen molar-refractivity contribution in [1.29, 1.82) is 0 Å². The van der Waals surface area contributed by atoms with Crippen LogP contribution in [0, 0.1) is 5.92 Å². The molecule has 2 fully saturated rings. The first-order chi connectivity index (χ1) is 18.1. The van der Waals surface area contributed by atoms with Gasteiger partial charge >= 0.3 is 0 Å². The van der Waals surface area contributed by atoms with E-state index >= 15 is 0 Å². The molecule has 2 aromatic carbocycles. The molecule has 2 aliphatic rings. The Balaban J connectivity index is 1.15. The van der Waals surface area contributed by atoms with Crippen molar-refractivity contribution < 1.29 is 23.5 Å². The summed E-state index contributed by atoms with van der Waals surface area (Å²) in [6, 6.07) is 13.2. The summed E-state index contributed by atoms with van der Waals surface area (Å²) in [5, 5.41) is 7.20. The van der Waals surface area contributed by atoms with Crippen molar-refractivity contribution in [3.63, 3.8) is 0 Å². The second kappa shape index (κ2) is 11.6. The number of ether oxygens (including phenoxy) is 3. The van der Waals surface area contributed by atoms with E-state index in [4.69, 9.17) is 18.7 Å². The first-order valence-electron chi connectivity index (χ1n) is 13.0. The summed E-state index contributed by atoms with van der Waals surface area (Å²) in [5.74, 6) is 3.04. The lowest BCUT2D eigenvalue weighted by Gasteiger charge is -2.30. The Hall–Kier alpha value is -3.59. The van der Waals surface area contributed by atoms with Gasteiger partial charge in [-0.1, -0.05) is 5.16 Å². The average molecular weight is 507 g/mol.